The molecule has 1 aromatic rings. The quantitative estimate of drug-likeness (QED) is 0.799. The van der Waals surface area contributed by atoms with Gasteiger partial charge in [-0.1, -0.05) is 26.3 Å². The highest BCUT2D eigenvalue weighted by Gasteiger charge is 2.35. The summed E-state index contributed by atoms with van der Waals surface area (Å²) < 4.78 is 48.2. The summed E-state index contributed by atoms with van der Waals surface area (Å²) in [5.74, 6) is 0. The summed E-state index contributed by atoms with van der Waals surface area (Å²) in [6, 6.07) is -0.299. The van der Waals surface area contributed by atoms with Gasteiger partial charge in [-0.2, -0.15) is 0 Å². The van der Waals surface area contributed by atoms with E-state index in [9.17, 15) is 16.8 Å². The van der Waals surface area contributed by atoms with Crippen molar-refractivity contribution in [3.05, 3.63) is 22.6 Å². The first-order valence-corrected chi connectivity index (χ1v) is 11.0. The van der Waals surface area contributed by atoms with Crippen LogP contribution in [0.25, 0.3) is 0 Å². The second-order valence-electron chi connectivity index (χ2n) is 5.17. The molecule has 0 amide bonds. The van der Waals surface area contributed by atoms with Gasteiger partial charge < -0.3 is 5.32 Å². The largest absolute Gasteiger partial charge is 0.307 e. The van der Waals surface area contributed by atoms with Gasteiger partial charge in [0.25, 0.3) is 0 Å². The van der Waals surface area contributed by atoms with Gasteiger partial charge in [0.2, 0.25) is 19.9 Å². The van der Waals surface area contributed by atoms with Gasteiger partial charge >= 0.3 is 0 Å². The lowest BCUT2D eigenvalue weighted by Crippen LogP contribution is -2.25. The van der Waals surface area contributed by atoms with Crippen LogP contribution >= 0.6 is 11.3 Å². The molecule has 0 radical (unpaired) electrons. The minimum atomic E-state index is -3.95. The van der Waals surface area contributed by atoms with Gasteiger partial charge in [0, 0.05) is 11.0 Å². The van der Waals surface area contributed by atoms with Gasteiger partial charge in [0.05, 0.1) is 6.04 Å². The Hall–Kier alpha value is -0.740. The third-order valence-corrected chi connectivity index (χ3v) is 8.12. The van der Waals surface area contributed by atoms with Crippen LogP contribution in [0.5, 0.6) is 0 Å². The monoisotopic (exact) mass is 364 g/mol. The Kier molecular flexibility index (Phi) is 5.13. The molecular formula is C13H20N2O4S3. The second kappa shape index (κ2) is 6.40. The zero-order valence-electron chi connectivity index (χ0n) is 12.5. The van der Waals surface area contributed by atoms with Crippen LogP contribution in [0, 0.1) is 0 Å². The summed E-state index contributed by atoms with van der Waals surface area (Å²) in [4.78, 5) is 0. The molecule has 1 aliphatic heterocycles. The molecule has 2 heterocycles. The van der Waals surface area contributed by atoms with E-state index in [1.54, 1.807) is 6.08 Å². The minimum Gasteiger partial charge on any atom is -0.307 e. The maximum atomic E-state index is 12.2. The molecule has 3 N–H and O–H groups in total. The molecule has 22 heavy (non-hydrogen) atoms. The van der Waals surface area contributed by atoms with Crippen LogP contribution in [0.1, 0.15) is 43.9 Å². The van der Waals surface area contributed by atoms with Crippen molar-refractivity contribution < 1.29 is 16.8 Å². The Morgan fingerprint density at radius 1 is 1.32 bits per heavy atom. The number of nitrogens with one attached hydrogen (secondary N) is 1. The predicted octanol–water partition coefficient (Wildman–Crippen LogP) is 1.69. The molecule has 9 heteroatoms. The van der Waals surface area contributed by atoms with E-state index in [4.69, 9.17) is 5.14 Å². The van der Waals surface area contributed by atoms with Gasteiger partial charge in [-0.3, -0.25) is 0 Å². The highest BCUT2D eigenvalue weighted by molar-refractivity contribution is 7.97. The van der Waals surface area contributed by atoms with Crippen molar-refractivity contribution >= 4 is 31.2 Å². The topological polar surface area (TPSA) is 106 Å². The highest BCUT2D eigenvalue weighted by atomic mass is 32.3. The summed E-state index contributed by atoms with van der Waals surface area (Å²) >= 11 is 0.761. The van der Waals surface area contributed by atoms with Crippen LogP contribution in [0.4, 0.5) is 0 Å². The number of hydrogen-bond donors (Lipinski definition) is 2. The van der Waals surface area contributed by atoms with E-state index in [1.165, 1.54) is 0 Å². The van der Waals surface area contributed by atoms with E-state index in [2.05, 4.69) is 5.32 Å². The molecule has 1 aromatic heterocycles. The number of sulfone groups is 1. The standard InChI is InChI=1S/C13H20N2O4S3/c1-3-5-9-11-10(15-7-4-2)6-8-21(16,17)13(11)20-12(9)22(14,18)19/h6,8,10,15H,3-5,7H2,1-2H3,(H2,14,18,19). The minimum absolute atomic E-state index is 0.0325. The molecule has 1 unspecified atom stereocenters. The molecular weight excluding hydrogens is 344 g/mol. The van der Waals surface area contributed by atoms with E-state index in [0.29, 0.717) is 30.5 Å². The number of sulfonamides is 1. The van der Waals surface area contributed by atoms with Crippen molar-refractivity contribution in [2.24, 2.45) is 5.14 Å². The lowest BCUT2D eigenvalue weighted by Gasteiger charge is -2.20. The summed E-state index contributed by atoms with van der Waals surface area (Å²) in [6.07, 6.45) is 3.65. The predicted molar refractivity (Wildman–Crippen MR) is 87.0 cm³/mol. The molecule has 0 aromatic carbocycles. The molecule has 0 aliphatic carbocycles. The Morgan fingerprint density at radius 3 is 2.55 bits per heavy atom. The van der Waals surface area contributed by atoms with Gasteiger partial charge in [-0.15, -0.1) is 11.3 Å². The number of rotatable bonds is 6. The first-order valence-electron chi connectivity index (χ1n) is 7.07. The molecule has 0 fully saturated rings. The van der Waals surface area contributed by atoms with Gasteiger partial charge in [0.1, 0.15) is 8.42 Å². The Bertz CT molecular complexity index is 791. The van der Waals surface area contributed by atoms with Crippen molar-refractivity contribution in [2.75, 3.05) is 6.54 Å². The number of hydrogen-bond acceptors (Lipinski definition) is 6. The van der Waals surface area contributed by atoms with Gasteiger partial charge in [0.15, 0.2) is 0 Å². The molecule has 0 saturated heterocycles. The molecule has 0 spiro atoms. The van der Waals surface area contributed by atoms with Gasteiger partial charge in [-0.25, -0.2) is 22.0 Å². The number of fused-ring (bicyclic) bond motifs is 1. The number of nitrogens with two attached hydrogens (primary N) is 1. The molecule has 0 bridgehead atoms. The van der Waals surface area contributed by atoms with Crippen LogP contribution in [0.2, 0.25) is 0 Å². The van der Waals surface area contributed by atoms with Crippen LogP contribution in [0.15, 0.2) is 19.9 Å². The smallest absolute Gasteiger partial charge is 0.247 e. The third-order valence-electron chi connectivity index (χ3n) is 3.37. The van der Waals surface area contributed by atoms with E-state index in [1.807, 2.05) is 13.8 Å². The van der Waals surface area contributed by atoms with Crippen LogP contribution in [0.3, 0.4) is 0 Å². The van der Waals surface area contributed by atoms with E-state index >= 15 is 0 Å². The van der Waals surface area contributed by atoms with Gasteiger partial charge in [-0.05, 0) is 24.9 Å². The van der Waals surface area contributed by atoms with Crippen molar-refractivity contribution in [3.8, 4) is 0 Å². The second-order valence-corrected chi connectivity index (χ2v) is 9.98. The maximum Gasteiger partial charge on any atom is 0.247 e. The first kappa shape index (κ1) is 17.6. The Morgan fingerprint density at radius 2 is 2.00 bits per heavy atom. The zero-order valence-corrected chi connectivity index (χ0v) is 14.9. The third kappa shape index (κ3) is 3.28. The van der Waals surface area contributed by atoms with Crippen molar-refractivity contribution in [2.45, 2.75) is 47.6 Å². The molecule has 0 saturated carbocycles. The zero-order chi connectivity index (χ0) is 16.5. The Balaban J connectivity index is 2.70. The fourth-order valence-corrected chi connectivity index (χ4v) is 6.70. The number of thiophene rings is 1. The summed E-state index contributed by atoms with van der Waals surface area (Å²) in [5.41, 5.74) is 1.08. The average molecular weight is 365 g/mol. The highest BCUT2D eigenvalue weighted by Crippen LogP contribution is 2.43. The molecule has 6 nitrogen and oxygen atoms in total. The van der Waals surface area contributed by atoms with Crippen LogP contribution in [-0.4, -0.2) is 23.4 Å². The lowest BCUT2D eigenvalue weighted by atomic mass is 10.0. The lowest BCUT2D eigenvalue weighted by molar-refractivity contribution is 0.579. The van der Waals surface area contributed by atoms with E-state index in [0.717, 1.165) is 23.2 Å². The summed E-state index contributed by atoms with van der Waals surface area (Å²) in [7, 11) is -7.55. The molecule has 1 atom stereocenters. The van der Waals surface area contributed by atoms with Crippen LogP contribution in [-0.2, 0) is 26.3 Å². The van der Waals surface area contributed by atoms with Crippen molar-refractivity contribution in [1.82, 2.24) is 5.32 Å². The van der Waals surface area contributed by atoms with E-state index in [-0.39, 0.29) is 14.5 Å². The van der Waals surface area contributed by atoms with Crippen LogP contribution < -0.4 is 10.5 Å². The van der Waals surface area contributed by atoms with Crippen molar-refractivity contribution in [1.29, 1.82) is 0 Å². The molecule has 124 valence electrons. The van der Waals surface area contributed by atoms with Crippen molar-refractivity contribution in [3.63, 3.8) is 0 Å². The Labute approximate surface area is 135 Å². The fourth-order valence-electron chi connectivity index (χ4n) is 2.49. The molecule has 1 aliphatic rings. The SMILES string of the molecule is CCCNC1C=CS(=O)(=O)c2sc(S(N)(=O)=O)c(CCC)c21. The first-order chi connectivity index (χ1) is 10.2. The van der Waals surface area contributed by atoms with E-state index < -0.39 is 19.9 Å². The normalized spacial score (nSPS) is 20.0. The maximum absolute atomic E-state index is 12.2. The molecule has 2 rings (SSSR count). The number of primary sulfonamides is 1. The summed E-state index contributed by atoms with van der Waals surface area (Å²) in [5, 5.41) is 9.67. The fraction of sp³-hybridized carbons (Fsp3) is 0.538. The summed E-state index contributed by atoms with van der Waals surface area (Å²) in [6.45, 7) is 4.63. The average Bonchev–Trinajstić information content (AvgIpc) is 2.80.